The number of hydrogen-bond acceptors (Lipinski definition) is 6. The number of aliphatic hydroxyl groups excluding tert-OH is 1. The lowest BCUT2D eigenvalue weighted by atomic mass is 9.89. The van der Waals surface area contributed by atoms with Crippen molar-refractivity contribution in [3.8, 4) is 0 Å². The van der Waals surface area contributed by atoms with Gasteiger partial charge in [0, 0.05) is 36.6 Å². The van der Waals surface area contributed by atoms with Gasteiger partial charge in [0.2, 0.25) is 10.8 Å². The van der Waals surface area contributed by atoms with Gasteiger partial charge in [0.05, 0.1) is 12.6 Å². The minimum atomic E-state index is -1.08. The minimum absolute atomic E-state index is 0.00836. The molecule has 1 unspecified atom stereocenters. The molecular weight excluding hydrogens is 422 g/mol. The number of para-hydroxylation sites is 1. The molecule has 0 amide bonds. The van der Waals surface area contributed by atoms with Gasteiger partial charge in [0.15, 0.2) is 5.82 Å². The van der Waals surface area contributed by atoms with E-state index in [4.69, 9.17) is 9.97 Å². The number of fused-ring (bicyclic) bond motifs is 2. The summed E-state index contributed by atoms with van der Waals surface area (Å²) in [6, 6.07) is 8.36. The van der Waals surface area contributed by atoms with Crippen LogP contribution in [0.1, 0.15) is 43.9 Å². The van der Waals surface area contributed by atoms with Crippen LogP contribution in [-0.4, -0.2) is 56.1 Å². The maximum absolute atomic E-state index is 12.6. The molecule has 170 valence electrons. The standard InChI is InChI=1S/C24H31N5O2S/c1-15(2)21(14-30)26-23-22-20(9-12-32(22)31)27-24(28-23)29-10-7-16(8-11-29)18-13-25-19-6-4-3-5-17(18)19/h3-6,13,15-16,21,25,30H,7-12,14H2,1-2H3,(H,26,27,28)/t21-,32?/m0/s1. The lowest BCUT2D eigenvalue weighted by Crippen LogP contribution is -2.35. The van der Waals surface area contributed by atoms with Crippen LogP contribution in [0.15, 0.2) is 35.4 Å². The van der Waals surface area contributed by atoms with Crippen LogP contribution in [0.25, 0.3) is 10.9 Å². The highest BCUT2D eigenvalue weighted by atomic mass is 32.2. The molecule has 2 aromatic heterocycles. The lowest BCUT2D eigenvalue weighted by molar-refractivity contribution is 0.248. The number of aromatic amines is 1. The third-order valence-corrected chi connectivity index (χ3v) is 8.30. The summed E-state index contributed by atoms with van der Waals surface area (Å²) in [5.74, 6) is 2.68. The molecule has 32 heavy (non-hydrogen) atoms. The van der Waals surface area contributed by atoms with Gasteiger partial charge >= 0.3 is 0 Å². The largest absolute Gasteiger partial charge is 0.611 e. The molecule has 3 N–H and O–H groups in total. The van der Waals surface area contributed by atoms with Crippen molar-refractivity contribution in [2.75, 3.05) is 35.7 Å². The fourth-order valence-electron chi connectivity index (χ4n) is 4.84. The fraction of sp³-hybridized carbons (Fsp3) is 0.500. The Morgan fingerprint density at radius 3 is 2.78 bits per heavy atom. The van der Waals surface area contributed by atoms with E-state index in [0.717, 1.165) is 36.5 Å². The zero-order chi connectivity index (χ0) is 22.2. The maximum Gasteiger partial charge on any atom is 0.227 e. The average Bonchev–Trinajstić information content (AvgIpc) is 3.41. The van der Waals surface area contributed by atoms with Gasteiger partial charge in [0.25, 0.3) is 0 Å². The van der Waals surface area contributed by atoms with E-state index in [0.29, 0.717) is 29.9 Å². The van der Waals surface area contributed by atoms with E-state index in [1.54, 1.807) is 0 Å². The third-order valence-electron chi connectivity index (χ3n) is 6.84. The van der Waals surface area contributed by atoms with Crippen molar-refractivity contribution < 1.29 is 9.66 Å². The van der Waals surface area contributed by atoms with Crippen molar-refractivity contribution in [2.45, 2.75) is 50.0 Å². The number of aliphatic hydroxyl groups is 1. The summed E-state index contributed by atoms with van der Waals surface area (Å²) >= 11 is -1.08. The number of nitrogens with one attached hydrogen (secondary N) is 2. The second-order valence-electron chi connectivity index (χ2n) is 9.18. The summed E-state index contributed by atoms with van der Waals surface area (Å²) in [6.07, 6.45) is 4.96. The van der Waals surface area contributed by atoms with E-state index in [9.17, 15) is 9.66 Å². The number of anilines is 2. The monoisotopic (exact) mass is 453 g/mol. The first-order chi connectivity index (χ1) is 15.5. The van der Waals surface area contributed by atoms with Crippen molar-refractivity contribution in [2.24, 2.45) is 5.92 Å². The molecule has 0 saturated carbocycles. The average molecular weight is 454 g/mol. The molecule has 7 nitrogen and oxygen atoms in total. The molecule has 1 saturated heterocycles. The summed E-state index contributed by atoms with van der Waals surface area (Å²) in [7, 11) is 0. The van der Waals surface area contributed by atoms with Crippen LogP contribution in [-0.2, 0) is 17.6 Å². The molecule has 2 aliphatic heterocycles. The van der Waals surface area contributed by atoms with Gasteiger partial charge in [0.1, 0.15) is 11.4 Å². The van der Waals surface area contributed by atoms with Gasteiger partial charge in [-0.2, -0.15) is 4.98 Å². The molecule has 2 aliphatic rings. The summed E-state index contributed by atoms with van der Waals surface area (Å²) in [5.41, 5.74) is 3.48. The van der Waals surface area contributed by atoms with Gasteiger partial charge in [-0.1, -0.05) is 32.0 Å². The maximum atomic E-state index is 12.6. The van der Waals surface area contributed by atoms with E-state index < -0.39 is 11.2 Å². The highest BCUT2D eigenvalue weighted by Gasteiger charge is 2.34. The minimum Gasteiger partial charge on any atom is -0.611 e. The normalized spacial score (nSPS) is 20.2. The van der Waals surface area contributed by atoms with Gasteiger partial charge in [-0.3, -0.25) is 0 Å². The van der Waals surface area contributed by atoms with Crippen LogP contribution in [0.4, 0.5) is 11.8 Å². The van der Waals surface area contributed by atoms with Gasteiger partial charge in [-0.05, 0) is 47.5 Å². The number of rotatable bonds is 6. The number of aromatic nitrogens is 3. The molecule has 4 heterocycles. The molecule has 2 atom stereocenters. The molecule has 0 spiro atoms. The molecule has 1 aromatic carbocycles. The fourth-order valence-corrected chi connectivity index (χ4v) is 6.16. The molecule has 8 heteroatoms. The van der Waals surface area contributed by atoms with Crippen LogP contribution >= 0.6 is 0 Å². The highest BCUT2D eigenvalue weighted by Crippen LogP contribution is 2.36. The number of nitrogens with zero attached hydrogens (tertiary/aromatic N) is 3. The van der Waals surface area contributed by atoms with Crippen LogP contribution in [0.3, 0.4) is 0 Å². The Bertz CT molecular complexity index is 1090. The summed E-state index contributed by atoms with van der Waals surface area (Å²) < 4.78 is 12.6. The van der Waals surface area contributed by atoms with E-state index in [-0.39, 0.29) is 18.6 Å². The van der Waals surface area contributed by atoms with Gasteiger partial charge in [-0.15, -0.1) is 0 Å². The SMILES string of the molecule is CC(C)[C@H](CO)Nc1nc(N2CCC(c3c[nH]c4ccccc34)CC2)nc2c1[S+]([O-])CC2. The lowest BCUT2D eigenvalue weighted by Gasteiger charge is -2.32. The quantitative estimate of drug-likeness (QED) is 0.495. The van der Waals surface area contributed by atoms with E-state index in [1.165, 1.54) is 16.5 Å². The summed E-state index contributed by atoms with van der Waals surface area (Å²) in [5, 5.41) is 14.5. The third kappa shape index (κ3) is 3.95. The second-order valence-corrected chi connectivity index (χ2v) is 10.7. The van der Waals surface area contributed by atoms with Crippen molar-refractivity contribution in [1.29, 1.82) is 0 Å². The molecular formula is C24H31N5O2S. The topological polar surface area (TPSA) is 100 Å². The first-order valence-corrected chi connectivity index (χ1v) is 12.8. The predicted octanol–water partition coefficient (Wildman–Crippen LogP) is 3.43. The van der Waals surface area contributed by atoms with Gasteiger partial charge in [-0.25, -0.2) is 4.98 Å². The Balaban J connectivity index is 1.37. The first kappa shape index (κ1) is 21.6. The molecule has 0 bridgehead atoms. The number of piperidine rings is 1. The highest BCUT2D eigenvalue weighted by molar-refractivity contribution is 7.91. The van der Waals surface area contributed by atoms with Crippen LogP contribution in [0, 0.1) is 5.92 Å². The molecule has 0 aliphatic carbocycles. The van der Waals surface area contributed by atoms with Crippen molar-refractivity contribution in [3.63, 3.8) is 0 Å². The van der Waals surface area contributed by atoms with E-state index >= 15 is 0 Å². The van der Waals surface area contributed by atoms with Crippen LogP contribution < -0.4 is 10.2 Å². The van der Waals surface area contributed by atoms with Crippen molar-refractivity contribution in [3.05, 3.63) is 41.7 Å². The number of benzene rings is 1. The van der Waals surface area contributed by atoms with E-state index in [1.807, 2.05) is 0 Å². The molecule has 5 rings (SSSR count). The number of aryl methyl sites for hydroxylation is 1. The number of hydrogen-bond donors (Lipinski definition) is 3. The van der Waals surface area contributed by atoms with E-state index in [2.05, 4.69) is 59.5 Å². The first-order valence-electron chi connectivity index (χ1n) is 11.5. The predicted molar refractivity (Wildman–Crippen MR) is 129 cm³/mol. The summed E-state index contributed by atoms with van der Waals surface area (Å²) in [4.78, 5) is 16.0. The molecule has 1 fully saturated rings. The van der Waals surface area contributed by atoms with Crippen LogP contribution in [0.5, 0.6) is 0 Å². The number of H-pyrrole nitrogens is 1. The smallest absolute Gasteiger partial charge is 0.227 e. The Kier molecular flexibility index (Phi) is 6.01. The summed E-state index contributed by atoms with van der Waals surface area (Å²) in [6.45, 7) is 5.90. The molecule has 0 radical (unpaired) electrons. The Hall–Kier alpha value is -2.29. The Labute approximate surface area is 191 Å². The Morgan fingerprint density at radius 2 is 2.03 bits per heavy atom. The second kappa shape index (κ2) is 8.92. The van der Waals surface area contributed by atoms with Gasteiger partial charge < -0.3 is 24.9 Å². The zero-order valence-corrected chi connectivity index (χ0v) is 19.5. The van der Waals surface area contributed by atoms with Crippen molar-refractivity contribution in [1.82, 2.24) is 15.0 Å². The van der Waals surface area contributed by atoms with Crippen LogP contribution in [0.2, 0.25) is 0 Å². The van der Waals surface area contributed by atoms with Crippen molar-refractivity contribution >= 4 is 33.8 Å². The Morgan fingerprint density at radius 1 is 1.25 bits per heavy atom. The zero-order valence-electron chi connectivity index (χ0n) is 18.7. The molecule has 3 aromatic rings.